The number of hydrogen-bond acceptors (Lipinski definition) is 5. The van der Waals surface area contributed by atoms with Gasteiger partial charge in [0, 0.05) is 6.42 Å². The first-order valence-corrected chi connectivity index (χ1v) is 6.83. The summed E-state index contributed by atoms with van der Waals surface area (Å²) in [4.78, 5) is 16.0. The number of nitrogens with one attached hydrogen (secondary N) is 1. The monoisotopic (exact) mass is 289 g/mol. The number of nitrogens with zero attached hydrogens (tertiary/aromatic N) is 1. The van der Waals surface area contributed by atoms with Gasteiger partial charge in [-0.05, 0) is 24.1 Å². The molecule has 6 nitrogen and oxygen atoms in total. The maximum atomic E-state index is 11.9. The van der Waals surface area contributed by atoms with Crippen molar-refractivity contribution in [3.05, 3.63) is 47.7 Å². The lowest BCUT2D eigenvalue weighted by molar-refractivity contribution is -0.122. The number of rotatable bonds is 6. The molecule has 1 aromatic heterocycles. The molecule has 2 rings (SSSR count). The Balaban J connectivity index is 1.83. The molecule has 2 aromatic rings. The van der Waals surface area contributed by atoms with Crippen LogP contribution in [0.3, 0.4) is 0 Å². The molecule has 1 atom stereocenters. The molecule has 0 aliphatic heterocycles. The van der Waals surface area contributed by atoms with E-state index in [4.69, 9.17) is 10.2 Å². The summed E-state index contributed by atoms with van der Waals surface area (Å²) in [6, 6.07) is 5.96. The van der Waals surface area contributed by atoms with Crippen LogP contribution in [0.5, 0.6) is 5.75 Å². The summed E-state index contributed by atoms with van der Waals surface area (Å²) < 4.78 is 5.40. The molecule has 0 radical (unpaired) electrons. The summed E-state index contributed by atoms with van der Waals surface area (Å²) in [5, 5.41) is 11.9. The Morgan fingerprint density at radius 1 is 1.43 bits per heavy atom. The van der Waals surface area contributed by atoms with Crippen molar-refractivity contribution >= 4 is 5.91 Å². The standard InChI is InChI=1S/C15H19N3O3/c1-2-12-8-17-14(21-12)9-18-15(20)13(16)7-10-3-5-11(19)6-4-10/h3-6,8,13,19H,2,7,9,16H2,1H3,(H,18,20)/t13-/m0/s1. The second-order valence-corrected chi connectivity index (χ2v) is 4.77. The van der Waals surface area contributed by atoms with Crippen molar-refractivity contribution in [1.29, 1.82) is 0 Å². The largest absolute Gasteiger partial charge is 0.508 e. The van der Waals surface area contributed by atoms with Crippen LogP contribution in [0.1, 0.15) is 24.1 Å². The van der Waals surface area contributed by atoms with Crippen molar-refractivity contribution in [2.24, 2.45) is 5.73 Å². The van der Waals surface area contributed by atoms with Crippen LogP contribution in [0, 0.1) is 0 Å². The average Bonchev–Trinajstić information content (AvgIpc) is 2.95. The molecule has 0 aliphatic rings. The van der Waals surface area contributed by atoms with E-state index >= 15 is 0 Å². The van der Waals surface area contributed by atoms with Gasteiger partial charge in [0.15, 0.2) is 0 Å². The Labute approximate surface area is 123 Å². The molecule has 1 heterocycles. The summed E-state index contributed by atoms with van der Waals surface area (Å²) in [5.74, 6) is 1.18. The number of phenols is 1. The maximum Gasteiger partial charge on any atom is 0.237 e. The zero-order valence-electron chi connectivity index (χ0n) is 11.9. The van der Waals surface area contributed by atoms with Crippen LogP contribution in [-0.2, 0) is 24.2 Å². The minimum atomic E-state index is -0.657. The summed E-state index contributed by atoms with van der Waals surface area (Å²) >= 11 is 0. The van der Waals surface area contributed by atoms with E-state index in [1.54, 1.807) is 30.5 Å². The highest BCUT2D eigenvalue weighted by Gasteiger charge is 2.14. The number of carbonyl (C=O) groups excluding carboxylic acids is 1. The number of nitrogens with two attached hydrogens (primary N) is 1. The lowest BCUT2D eigenvalue weighted by Crippen LogP contribution is -2.41. The SMILES string of the molecule is CCc1cnc(CNC(=O)[C@@H](N)Cc2ccc(O)cc2)o1. The van der Waals surface area contributed by atoms with Gasteiger partial charge >= 0.3 is 0 Å². The fourth-order valence-electron chi connectivity index (χ4n) is 1.87. The van der Waals surface area contributed by atoms with E-state index in [0.717, 1.165) is 17.7 Å². The molecule has 0 spiro atoms. The fourth-order valence-corrected chi connectivity index (χ4v) is 1.87. The summed E-state index contributed by atoms with van der Waals surface area (Å²) in [6.07, 6.45) is 2.82. The molecule has 4 N–H and O–H groups in total. The Hall–Kier alpha value is -2.34. The number of phenolic OH excluding ortho intramolecular Hbond substituents is 1. The molecule has 1 aromatic carbocycles. The Morgan fingerprint density at radius 2 is 2.14 bits per heavy atom. The number of aromatic nitrogens is 1. The Bertz CT molecular complexity index is 592. The molecule has 21 heavy (non-hydrogen) atoms. The van der Waals surface area contributed by atoms with E-state index in [9.17, 15) is 9.90 Å². The van der Waals surface area contributed by atoms with Gasteiger partial charge in [-0.2, -0.15) is 0 Å². The van der Waals surface area contributed by atoms with Gasteiger partial charge in [-0.25, -0.2) is 4.98 Å². The van der Waals surface area contributed by atoms with E-state index < -0.39 is 6.04 Å². The minimum Gasteiger partial charge on any atom is -0.508 e. The van der Waals surface area contributed by atoms with Gasteiger partial charge in [0.05, 0.1) is 18.8 Å². The number of oxazole rings is 1. The Kier molecular flexibility index (Phi) is 4.94. The first kappa shape index (κ1) is 15.1. The van der Waals surface area contributed by atoms with Gasteiger partial charge in [-0.3, -0.25) is 4.79 Å². The molecule has 0 fully saturated rings. The minimum absolute atomic E-state index is 0.187. The van der Waals surface area contributed by atoms with Crippen LogP contribution in [0.2, 0.25) is 0 Å². The van der Waals surface area contributed by atoms with E-state index in [0.29, 0.717) is 12.3 Å². The van der Waals surface area contributed by atoms with Crippen molar-refractivity contribution in [1.82, 2.24) is 10.3 Å². The molecule has 0 saturated heterocycles. The van der Waals surface area contributed by atoms with Crippen molar-refractivity contribution in [2.45, 2.75) is 32.4 Å². The first-order valence-electron chi connectivity index (χ1n) is 6.83. The highest BCUT2D eigenvalue weighted by molar-refractivity contribution is 5.81. The number of hydrogen-bond donors (Lipinski definition) is 3. The molecule has 0 unspecified atom stereocenters. The molecule has 0 aliphatic carbocycles. The normalized spacial score (nSPS) is 12.1. The number of aryl methyl sites for hydroxylation is 1. The topological polar surface area (TPSA) is 101 Å². The second-order valence-electron chi connectivity index (χ2n) is 4.77. The predicted octanol–water partition coefficient (Wildman–Crippen LogP) is 1.13. The summed E-state index contributed by atoms with van der Waals surface area (Å²) in [6.45, 7) is 2.19. The summed E-state index contributed by atoms with van der Waals surface area (Å²) in [5.41, 5.74) is 6.75. The number of aromatic hydroxyl groups is 1. The van der Waals surface area contributed by atoms with Crippen molar-refractivity contribution in [3.8, 4) is 5.75 Å². The average molecular weight is 289 g/mol. The smallest absolute Gasteiger partial charge is 0.237 e. The first-order chi connectivity index (χ1) is 10.1. The van der Waals surface area contributed by atoms with Gasteiger partial charge < -0.3 is 20.6 Å². The second kappa shape index (κ2) is 6.90. The van der Waals surface area contributed by atoms with Gasteiger partial charge in [0.1, 0.15) is 11.5 Å². The molecular formula is C15H19N3O3. The van der Waals surface area contributed by atoms with Gasteiger partial charge in [0.25, 0.3) is 0 Å². The Morgan fingerprint density at radius 3 is 2.76 bits per heavy atom. The van der Waals surface area contributed by atoms with E-state index in [2.05, 4.69) is 10.3 Å². The molecular weight excluding hydrogens is 270 g/mol. The maximum absolute atomic E-state index is 11.9. The van der Waals surface area contributed by atoms with Gasteiger partial charge in [-0.1, -0.05) is 19.1 Å². The summed E-state index contributed by atoms with van der Waals surface area (Å²) in [7, 11) is 0. The van der Waals surface area contributed by atoms with Crippen molar-refractivity contribution in [2.75, 3.05) is 0 Å². The van der Waals surface area contributed by atoms with Gasteiger partial charge in [-0.15, -0.1) is 0 Å². The lowest BCUT2D eigenvalue weighted by Gasteiger charge is -2.11. The zero-order chi connectivity index (χ0) is 15.2. The van der Waals surface area contributed by atoms with Crippen molar-refractivity contribution < 1.29 is 14.3 Å². The predicted molar refractivity (Wildman–Crippen MR) is 77.5 cm³/mol. The van der Waals surface area contributed by atoms with E-state index in [1.165, 1.54) is 0 Å². The third-order valence-electron chi connectivity index (χ3n) is 3.09. The van der Waals surface area contributed by atoms with Gasteiger partial charge in [0.2, 0.25) is 11.8 Å². The van der Waals surface area contributed by atoms with Crippen LogP contribution >= 0.6 is 0 Å². The third-order valence-corrected chi connectivity index (χ3v) is 3.09. The van der Waals surface area contributed by atoms with Crippen LogP contribution in [0.4, 0.5) is 0 Å². The number of carbonyl (C=O) groups is 1. The lowest BCUT2D eigenvalue weighted by atomic mass is 10.1. The number of amides is 1. The zero-order valence-corrected chi connectivity index (χ0v) is 11.9. The van der Waals surface area contributed by atoms with E-state index in [1.807, 2.05) is 6.92 Å². The molecule has 1 amide bonds. The fraction of sp³-hybridized carbons (Fsp3) is 0.333. The van der Waals surface area contributed by atoms with Crippen molar-refractivity contribution in [3.63, 3.8) is 0 Å². The highest BCUT2D eigenvalue weighted by Crippen LogP contribution is 2.11. The van der Waals surface area contributed by atoms with Crippen LogP contribution in [0.25, 0.3) is 0 Å². The van der Waals surface area contributed by atoms with Crippen LogP contribution in [-0.4, -0.2) is 22.0 Å². The van der Waals surface area contributed by atoms with Crippen LogP contribution < -0.4 is 11.1 Å². The third kappa shape index (κ3) is 4.32. The quantitative estimate of drug-likeness (QED) is 0.740. The molecule has 0 saturated carbocycles. The number of benzene rings is 1. The molecule has 0 bridgehead atoms. The van der Waals surface area contributed by atoms with E-state index in [-0.39, 0.29) is 18.2 Å². The van der Waals surface area contributed by atoms with Crippen LogP contribution in [0.15, 0.2) is 34.9 Å². The highest BCUT2D eigenvalue weighted by atomic mass is 16.4. The molecule has 6 heteroatoms. The molecule has 112 valence electrons.